The van der Waals surface area contributed by atoms with Crippen LogP contribution in [0.2, 0.25) is 0 Å². The molecule has 2 aromatic heterocycles. The second kappa shape index (κ2) is 4.01. The first-order chi connectivity index (χ1) is 8.68. The summed E-state index contributed by atoms with van der Waals surface area (Å²) in [6.45, 7) is 2.65. The molecule has 1 N–H and O–H groups in total. The maximum Gasteiger partial charge on any atom is 0.308 e. The molecule has 2 unspecified atom stereocenters. The summed E-state index contributed by atoms with van der Waals surface area (Å²) in [4.78, 5) is 17.6. The summed E-state index contributed by atoms with van der Waals surface area (Å²) in [7, 11) is 0. The van der Waals surface area contributed by atoms with Gasteiger partial charge in [-0.05, 0) is 25.5 Å². The molecule has 0 saturated carbocycles. The molecule has 1 aliphatic rings. The molecule has 5 heteroatoms. The molecule has 1 saturated heterocycles. The number of carbonyl (C=O) groups is 1. The minimum absolute atomic E-state index is 0.0458. The number of hydrogen-bond acceptors (Lipinski definition) is 4. The number of pyridine rings is 1. The summed E-state index contributed by atoms with van der Waals surface area (Å²) in [5.41, 5.74) is 0.783. The van der Waals surface area contributed by atoms with E-state index in [1.807, 2.05) is 19.1 Å². The number of fused-ring (bicyclic) bond motifs is 1. The summed E-state index contributed by atoms with van der Waals surface area (Å²) in [6.07, 6.45) is 3.99. The van der Waals surface area contributed by atoms with Gasteiger partial charge in [0.05, 0.1) is 17.6 Å². The summed E-state index contributed by atoms with van der Waals surface area (Å²) < 4.78 is 5.34. The molecule has 0 radical (unpaired) electrons. The molecular weight excluding hydrogens is 232 g/mol. The molecule has 18 heavy (non-hydrogen) atoms. The molecule has 2 atom stereocenters. The van der Waals surface area contributed by atoms with Gasteiger partial charge in [0.15, 0.2) is 0 Å². The van der Waals surface area contributed by atoms with Gasteiger partial charge in [-0.2, -0.15) is 0 Å². The zero-order valence-corrected chi connectivity index (χ0v) is 10.0. The number of hydrogen-bond donors (Lipinski definition) is 1. The molecule has 0 bridgehead atoms. The largest absolute Gasteiger partial charge is 0.481 e. The second-order valence-electron chi connectivity index (χ2n) is 4.63. The Hall–Kier alpha value is -2.04. The van der Waals surface area contributed by atoms with E-state index in [4.69, 9.17) is 9.52 Å². The topological polar surface area (TPSA) is 66.6 Å². The van der Waals surface area contributed by atoms with E-state index in [0.717, 1.165) is 23.3 Å². The van der Waals surface area contributed by atoms with Gasteiger partial charge < -0.3 is 14.4 Å². The van der Waals surface area contributed by atoms with Gasteiger partial charge >= 0.3 is 5.97 Å². The molecule has 0 spiro atoms. The molecule has 0 aliphatic carbocycles. The van der Waals surface area contributed by atoms with E-state index in [0.29, 0.717) is 6.42 Å². The van der Waals surface area contributed by atoms with Crippen molar-refractivity contribution in [3.8, 4) is 0 Å². The molecule has 1 fully saturated rings. The minimum atomic E-state index is -0.732. The third-order valence-corrected chi connectivity index (χ3v) is 3.70. The van der Waals surface area contributed by atoms with E-state index < -0.39 is 5.97 Å². The quantitative estimate of drug-likeness (QED) is 0.879. The van der Waals surface area contributed by atoms with Crippen molar-refractivity contribution >= 4 is 22.8 Å². The van der Waals surface area contributed by atoms with E-state index in [1.165, 1.54) is 0 Å². The third kappa shape index (κ3) is 1.54. The number of anilines is 1. The third-order valence-electron chi connectivity index (χ3n) is 3.70. The fourth-order valence-corrected chi connectivity index (χ4v) is 2.68. The van der Waals surface area contributed by atoms with Gasteiger partial charge in [-0.25, -0.2) is 4.98 Å². The zero-order chi connectivity index (χ0) is 12.7. The fourth-order valence-electron chi connectivity index (χ4n) is 2.68. The van der Waals surface area contributed by atoms with E-state index in [9.17, 15) is 4.79 Å². The van der Waals surface area contributed by atoms with Crippen LogP contribution in [-0.2, 0) is 4.79 Å². The Balaban J connectivity index is 2.01. The Labute approximate surface area is 104 Å². The van der Waals surface area contributed by atoms with Crippen LogP contribution >= 0.6 is 0 Å². The predicted molar refractivity (Wildman–Crippen MR) is 66.6 cm³/mol. The van der Waals surface area contributed by atoms with Crippen LogP contribution in [0.1, 0.15) is 13.3 Å². The Bertz CT molecular complexity index is 593. The second-order valence-corrected chi connectivity index (χ2v) is 4.63. The van der Waals surface area contributed by atoms with E-state index in [1.54, 1.807) is 12.5 Å². The Morgan fingerprint density at radius 1 is 1.56 bits per heavy atom. The van der Waals surface area contributed by atoms with Crippen molar-refractivity contribution < 1.29 is 14.3 Å². The van der Waals surface area contributed by atoms with Crippen molar-refractivity contribution in [1.29, 1.82) is 0 Å². The average molecular weight is 246 g/mol. The standard InChI is InChI=1S/C13H14N2O3/c1-8-9(13(16)17)3-6-15(8)12-10-4-7-18-11(10)2-5-14-12/h2,4-5,7-9H,3,6H2,1H3,(H,16,17). The predicted octanol–water partition coefficient (Wildman–Crippen LogP) is 2.13. The van der Waals surface area contributed by atoms with Crippen molar-refractivity contribution in [3.05, 3.63) is 24.6 Å². The van der Waals surface area contributed by atoms with E-state index in [2.05, 4.69) is 9.88 Å². The number of aromatic nitrogens is 1. The normalized spacial score (nSPS) is 23.7. The highest BCUT2D eigenvalue weighted by Gasteiger charge is 2.36. The molecule has 0 amide bonds. The van der Waals surface area contributed by atoms with Crippen molar-refractivity contribution in [2.75, 3.05) is 11.4 Å². The highest BCUT2D eigenvalue weighted by atomic mass is 16.4. The van der Waals surface area contributed by atoms with Crippen LogP contribution in [0.3, 0.4) is 0 Å². The number of carboxylic acids is 1. The smallest absolute Gasteiger partial charge is 0.308 e. The first kappa shape index (κ1) is 11.1. The van der Waals surface area contributed by atoms with Gasteiger partial charge in [-0.15, -0.1) is 0 Å². The van der Waals surface area contributed by atoms with Crippen molar-refractivity contribution in [2.45, 2.75) is 19.4 Å². The summed E-state index contributed by atoms with van der Waals surface area (Å²) in [6, 6.07) is 3.64. The first-order valence-electron chi connectivity index (χ1n) is 6.00. The number of rotatable bonds is 2. The summed E-state index contributed by atoms with van der Waals surface area (Å²) in [5, 5.41) is 10.1. The van der Waals surface area contributed by atoms with Crippen molar-refractivity contribution in [3.63, 3.8) is 0 Å². The molecular formula is C13H14N2O3. The number of carboxylic acid groups (broad SMARTS) is 1. The van der Waals surface area contributed by atoms with Crippen LogP contribution in [0.5, 0.6) is 0 Å². The number of aliphatic carboxylic acids is 1. The summed E-state index contributed by atoms with van der Waals surface area (Å²) >= 11 is 0. The van der Waals surface area contributed by atoms with Gasteiger partial charge in [0.1, 0.15) is 11.4 Å². The average Bonchev–Trinajstić information content (AvgIpc) is 2.94. The Morgan fingerprint density at radius 3 is 3.11 bits per heavy atom. The molecule has 3 rings (SSSR count). The Morgan fingerprint density at radius 2 is 2.39 bits per heavy atom. The maximum absolute atomic E-state index is 11.1. The van der Waals surface area contributed by atoms with Crippen LogP contribution in [0.15, 0.2) is 29.0 Å². The first-order valence-corrected chi connectivity index (χ1v) is 6.00. The molecule has 2 aromatic rings. The van der Waals surface area contributed by atoms with Crippen LogP contribution in [0.4, 0.5) is 5.82 Å². The fraction of sp³-hybridized carbons (Fsp3) is 0.385. The molecule has 1 aliphatic heterocycles. The van der Waals surface area contributed by atoms with Crippen molar-refractivity contribution in [1.82, 2.24) is 4.98 Å². The molecule has 5 nitrogen and oxygen atoms in total. The molecule has 3 heterocycles. The molecule has 94 valence electrons. The lowest BCUT2D eigenvalue weighted by atomic mass is 10.0. The van der Waals surface area contributed by atoms with Crippen LogP contribution in [0.25, 0.3) is 11.0 Å². The number of nitrogens with zero attached hydrogens (tertiary/aromatic N) is 2. The van der Waals surface area contributed by atoms with Crippen molar-refractivity contribution in [2.24, 2.45) is 5.92 Å². The maximum atomic E-state index is 11.1. The Kier molecular flexibility index (Phi) is 2.47. The SMILES string of the molecule is CC1C(C(=O)O)CCN1c1nccc2occc12. The highest BCUT2D eigenvalue weighted by Crippen LogP contribution is 2.33. The summed E-state index contributed by atoms with van der Waals surface area (Å²) in [5.74, 6) is -0.240. The van der Waals surface area contributed by atoms with Gasteiger partial charge in [-0.1, -0.05) is 0 Å². The lowest BCUT2D eigenvalue weighted by Crippen LogP contribution is -2.33. The highest BCUT2D eigenvalue weighted by molar-refractivity contribution is 5.89. The lowest BCUT2D eigenvalue weighted by molar-refractivity contribution is -0.141. The van der Waals surface area contributed by atoms with E-state index in [-0.39, 0.29) is 12.0 Å². The van der Waals surface area contributed by atoms with Gasteiger partial charge in [0.2, 0.25) is 0 Å². The van der Waals surface area contributed by atoms with Crippen LogP contribution < -0.4 is 4.90 Å². The van der Waals surface area contributed by atoms with Crippen LogP contribution in [0, 0.1) is 5.92 Å². The van der Waals surface area contributed by atoms with E-state index >= 15 is 0 Å². The zero-order valence-electron chi connectivity index (χ0n) is 10.0. The monoisotopic (exact) mass is 246 g/mol. The van der Waals surface area contributed by atoms with Crippen LogP contribution in [-0.4, -0.2) is 28.6 Å². The lowest BCUT2D eigenvalue weighted by Gasteiger charge is -2.24. The number of furan rings is 1. The van der Waals surface area contributed by atoms with Gasteiger partial charge in [0.25, 0.3) is 0 Å². The van der Waals surface area contributed by atoms with Gasteiger partial charge in [-0.3, -0.25) is 4.79 Å². The molecule has 0 aromatic carbocycles. The van der Waals surface area contributed by atoms with Gasteiger partial charge in [0, 0.05) is 18.8 Å². The minimum Gasteiger partial charge on any atom is -0.481 e.